The molecule has 1 aromatic carbocycles. The number of carbonyl (C=O) groups excluding carboxylic acids is 1. The number of nitrogens with zero attached hydrogens (tertiary/aromatic N) is 1. The molecule has 0 atom stereocenters. The molecule has 1 aliphatic carbocycles. The summed E-state index contributed by atoms with van der Waals surface area (Å²) < 4.78 is 0.627. The summed E-state index contributed by atoms with van der Waals surface area (Å²) in [5, 5.41) is 9.40. The van der Waals surface area contributed by atoms with Gasteiger partial charge in [-0.15, -0.1) is 0 Å². The molecule has 102 valence electrons. The molecule has 0 unspecified atom stereocenters. The van der Waals surface area contributed by atoms with Crippen LogP contribution >= 0.6 is 27.5 Å². The summed E-state index contributed by atoms with van der Waals surface area (Å²) >= 11 is 9.14. The summed E-state index contributed by atoms with van der Waals surface area (Å²) in [6, 6.07) is 4.85. The summed E-state index contributed by atoms with van der Waals surface area (Å²) in [6.07, 6.45) is 2.13. The van der Waals surface area contributed by atoms with Gasteiger partial charge in [-0.2, -0.15) is 0 Å². The van der Waals surface area contributed by atoms with E-state index in [4.69, 9.17) is 16.7 Å². The molecule has 0 spiro atoms. The third kappa shape index (κ3) is 3.94. The zero-order chi connectivity index (χ0) is 14.0. The van der Waals surface area contributed by atoms with Gasteiger partial charge in [-0.25, -0.2) is 0 Å². The minimum atomic E-state index is -0.998. The van der Waals surface area contributed by atoms with Crippen molar-refractivity contribution in [3.63, 3.8) is 0 Å². The van der Waals surface area contributed by atoms with Crippen molar-refractivity contribution in [2.24, 2.45) is 5.92 Å². The quantitative estimate of drug-likeness (QED) is 0.891. The van der Waals surface area contributed by atoms with Crippen molar-refractivity contribution in [3.05, 3.63) is 33.3 Å². The first-order valence-electron chi connectivity index (χ1n) is 5.93. The first-order chi connectivity index (χ1) is 8.97. The first kappa shape index (κ1) is 14.3. The van der Waals surface area contributed by atoms with E-state index in [0.717, 1.165) is 12.8 Å². The molecular formula is C13H13BrClNO3. The standard InChI is InChI=1S/C13H13BrClNO3/c14-10-5-9(3-4-11(10)15)13(19)16(7-12(17)18)6-8-1-2-8/h3-5,8H,1-2,6-7H2,(H,17,18). The first-order valence-corrected chi connectivity index (χ1v) is 7.10. The van der Waals surface area contributed by atoms with Crippen LogP contribution in [0.3, 0.4) is 0 Å². The van der Waals surface area contributed by atoms with Crippen molar-refractivity contribution >= 4 is 39.4 Å². The third-order valence-corrected chi connectivity index (χ3v) is 4.17. The van der Waals surface area contributed by atoms with Crippen LogP contribution in [0, 0.1) is 5.92 Å². The van der Waals surface area contributed by atoms with Gasteiger partial charge < -0.3 is 10.0 Å². The van der Waals surface area contributed by atoms with Gasteiger partial charge in [-0.05, 0) is 52.9 Å². The number of aliphatic carboxylic acids is 1. The molecule has 6 heteroatoms. The van der Waals surface area contributed by atoms with Gasteiger partial charge in [0.2, 0.25) is 0 Å². The topological polar surface area (TPSA) is 57.6 Å². The molecule has 2 rings (SSSR count). The summed E-state index contributed by atoms with van der Waals surface area (Å²) in [7, 11) is 0. The van der Waals surface area contributed by atoms with E-state index in [1.54, 1.807) is 18.2 Å². The molecule has 0 radical (unpaired) electrons. The summed E-state index contributed by atoms with van der Waals surface area (Å²) in [5.74, 6) is -0.826. The van der Waals surface area contributed by atoms with Crippen molar-refractivity contribution in [1.29, 1.82) is 0 Å². The number of hydrogen-bond acceptors (Lipinski definition) is 2. The minimum absolute atomic E-state index is 0.268. The van der Waals surface area contributed by atoms with Gasteiger partial charge in [-0.3, -0.25) is 9.59 Å². The maximum atomic E-state index is 12.3. The molecule has 1 aromatic rings. The van der Waals surface area contributed by atoms with E-state index in [0.29, 0.717) is 27.5 Å². The molecule has 4 nitrogen and oxygen atoms in total. The Morgan fingerprint density at radius 2 is 2.11 bits per heavy atom. The fraction of sp³-hybridized carbons (Fsp3) is 0.385. The van der Waals surface area contributed by atoms with Gasteiger partial charge >= 0.3 is 5.97 Å². The number of amides is 1. The lowest BCUT2D eigenvalue weighted by atomic mass is 10.2. The van der Waals surface area contributed by atoms with Crippen molar-refractivity contribution in [3.8, 4) is 0 Å². The molecule has 0 aromatic heterocycles. The van der Waals surface area contributed by atoms with Crippen LogP contribution < -0.4 is 0 Å². The smallest absolute Gasteiger partial charge is 0.323 e. The number of hydrogen-bond donors (Lipinski definition) is 1. The summed E-state index contributed by atoms with van der Waals surface area (Å²) in [5.41, 5.74) is 0.443. The van der Waals surface area contributed by atoms with Gasteiger partial charge in [0.15, 0.2) is 0 Å². The zero-order valence-corrected chi connectivity index (χ0v) is 12.4. The Morgan fingerprint density at radius 3 is 2.63 bits per heavy atom. The third-order valence-electron chi connectivity index (χ3n) is 2.96. The molecule has 1 N–H and O–H groups in total. The Balaban J connectivity index is 2.16. The Morgan fingerprint density at radius 1 is 1.42 bits per heavy atom. The number of benzene rings is 1. The number of halogens is 2. The van der Waals surface area contributed by atoms with Gasteiger partial charge in [0.1, 0.15) is 6.54 Å². The highest BCUT2D eigenvalue weighted by Gasteiger charge is 2.28. The van der Waals surface area contributed by atoms with Gasteiger partial charge in [0.25, 0.3) is 5.91 Å². The molecule has 0 aliphatic heterocycles. The molecule has 0 saturated heterocycles. The van der Waals surface area contributed by atoms with Crippen molar-refractivity contribution in [1.82, 2.24) is 4.90 Å². The van der Waals surface area contributed by atoms with Crippen LogP contribution in [0.1, 0.15) is 23.2 Å². The van der Waals surface area contributed by atoms with Crippen LogP contribution in [0.2, 0.25) is 5.02 Å². The summed E-state index contributed by atoms with van der Waals surface area (Å²) in [4.78, 5) is 24.5. The van der Waals surface area contributed by atoms with Crippen LogP contribution in [0.25, 0.3) is 0 Å². The van der Waals surface area contributed by atoms with E-state index < -0.39 is 5.97 Å². The van der Waals surface area contributed by atoms with Crippen LogP contribution in [0.5, 0.6) is 0 Å². The second-order valence-electron chi connectivity index (χ2n) is 4.65. The van der Waals surface area contributed by atoms with Crippen LogP contribution in [-0.2, 0) is 4.79 Å². The van der Waals surface area contributed by atoms with E-state index >= 15 is 0 Å². The Bertz CT molecular complexity index is 517. The molecule has 1 amide bonds. The van der Waals surface area contributed by atoms with E-state index in [2.05, 4.69) is 15.9 Å². The Labute approximate surface area is 124 Å². The fourth-order valence-corrected chi connectivity index (χ4v) is 2.30. The lowest BCUT2D eigenvalue weighted by Gasteiger charge is -2.20. The lowest BCUT2D eigenvalue weighted by molar-refractivity contribution is -0.137. The van der Waals surface area contributed by atoms with Gasteiger partial charge in [0.05, 0.1) is 5.02 Å². The zero-order valence-electron chi connectivity index (χ0n) is 10.1. The molecular weight excluding hydrogens is 334 g/mol. The van der Waals surface area contributed by atoms with Crippen LogP contribution in [0.4, 0.5) is 0 Å². The normalized spacial score (nSPS) is 14.2. The van der Waals surface area contributed by atoms with Gasteiger partial charge in [-0.1, -0.05) is 11.6 Å². The maximum Gasteiger partial charge on any atom is 0.323 e. The fourth-order valence-electron chi connectivity index (χ4n) is 1.81. The SMILES string of the molecule is O=C(O)CN(CC1CC1)C(=O)c1ccc(Cl)c(Br)c1. The van der Waals surface area contributed by atoms with E-state index in [1.807, 2.05) is 0 Å². The highest BCUT2D eigenvalue weighted by Crippen LogP contribution is 2.30. The number of carboxylic acids is 1. The molecule has 0 heterocycles. The number of rotatable bonds is 5. The minimum Gasteiger partial charge on any atom is -0.480 e. The van der Waals surface area contributed by atoms with Crippen LogP contribution in [0.15, 0.2) is 22.7 Å². The second-order valence-corrected chi connectivity index (χ2v) is 5.91. The van der Waals surface area contributed by atoms with E-state index in [1.165, 1.54) is 4.90 Å². The number of carboxylic acid groups (broad SMARTS) is 1. The molecule has 0 bridgehead atoms. The monoisotopic (exact) mass is 345 g/mol. The second kappa shape index (κ2) is 5.92. The predicted octanol–water partition coefficient (Wildman–Crippen LogP) is 3.04. The molecule has 1 saturated carbocycles. The average molecular weight is 347 g/mol. The lowest BCUT2D eigenvalue weighted by Crippen LogP contribution is -2.37. The molecule has 19 heavy (non-hydrogen) atoms. The largest absolute Gasteiger partial charge is 0.480 e. The Hall–Kier alpha value is -1.07. The molecule has 1 fully saturated rings. The van der Waals surface area contributed by atoms with E-state index in [9.17, 15) is 9.59 Å². The highest BCUT2D eigenvalue weighted by atomic mass is 79.9. The van der Waals surface area contributed by atoms with Crippen molar-refractivity contribution in [2.45, 2.75) is 12.8 Å². The van der Waals surface area contributed by atoms with E-state index in [-0.39, 0.29) is 12.5 Å². The average Bonchev–Trinajstić information content (AvgIpc) is 3.14. The summed E-state index contributed by atoms with van der Waals surface area (Å²) in [6.45, 7) is 0.237. The van der Waals surface area contributed by atoms with Gasteiger partial charge in [0, 0.05) is 16.6 Å². The van der Waals surface area contributed by atoms with Crippen molar-refractivity contribution < 1.29 is 14.7 Å². The maximum absolute atomic E-state index is 12.3. The molecule has 1 aliphatic rings. The number of carbonyl (C=O) groups is 2. The predicted molar refractivity (Wildman–Crippen MR) is 75.4 cm³/mol. The Kier molecular flexibility index (Phi) is 4.47. The van der Waals surface area contributed by atoms with Crippen LogP contribution in [-0.4, -0.2) is 35.0 Å². The van der Waals surface area contributed by atoms with Crippen molar-refractivity contribution in [2.75, 3.05) is 13.1 Å². The highest BCUT2D eigenvalue weighted by molar-refractivity contribution is 9.10.